The van der Waals surface area contributed by atoms with Gasteiger partial charge >= 0.3 is 0 Å². The second-order valence-electron chi connectivity index (χ2n) is 6.89. The third-order valence-electron chi connectivity index (χ3n) is 5.12. The van der Waals surface area contributed by atoms with Gasteiger partial charge in [0.1, 0.15) is 24.0 Å². The molecule has 10 heteroatoms. The first-order valence-corrected chi connectivity index (χ1v) is 8.83. The van der Waals surface area contributed by atoms with E-state index in [-0.39, 0.29) is 6.54 Å². The van der Waals surface area contributed by atoms with E-state index in [0.29, 0.717) is 11.3 Å². The number of carbonyl (C=O) groups excluding carboxylic acids is 1. The van der Waals surface area contributed by atoms with Gasteiger partial charge in [-0.1, -0.05) is 17.3 Å². The fourth-order valence-corrected chi connectivity index (χ4v) is 3.53. The Morgan fingerprint density at radius 1 is 1.21 bits per heavy atom. The van der Waals surface area contributed by atoms with Gasteiger partial charge in [0.2, 0.25) is 6.35 Å². The minimum atomic E-state index is -1.47. The molecule has 4 rings (SSSR count). The van der Waals surface area contributed by atoms with Crippen molar-refractivity contribution in [1.29, 1.82) is 0 Å². The molecule has 28 heavy (non-hydrogen) atoms. The van der Waals surface area contributed by atoms with Crippen LogP contribution in [0.2, 0.25) is 0 Å². The molecule has 3 heterocycles. The summed E-state index contributed by atoms with van der Waals surface area (Å²) in [6.07, 6.45) is -3.78. The van der Waals surface area contributed by atoms with E-state index in [1.807, 2.05) is 25.1 Å². The van der Waals surface area contributed by atoms with Crippen LogP contribution in [0.5, 0.6) is 0 Å². The Balaban J connectivity index is 1.59. The van der Waals surface area contributed by atoms with E-state index >= 15 is 0 Å². The molecule has 0 aliphatic carbocycles. The molecule has 1 amide bonds. The van der Waals surface area contributed by atoms with Gasteiger partial charge in [-0.05, 0) is 18.6 Å². The van der Waals surface area contributed by atoms with E-state index in [9.17, 15) is 25.2 Å². The molecule has 150 valence electrons. The number of amides is 1. The Labute approximate surface area is 159 Å². The summed E-state index contributed by atoms with van der Waals surface area (Å²) in [7, 11) is 0. The van der Waals surface area contributed by atoms with Crippen molar-refractivity contribution in [2.45, 2.75) is 44.4 Å². The predicted molar refractivity (Wildman–Crippen MR) is 94.0 cm³/mol. The highest BCUT2D eigenvalue weighted by molar-refractivity contribution is 5.89. The van der Waals surface area contributed by atoms with Crippen LogP contribution in [0.3, 0.4) is 0 Å². The monoisotopic (exact) mass is 391 g/mol. The smallest absolute Gasteiger partial charge is 0.251 e. The molecule has 1 fully saturated rings. The lowest BCUT2D eigenvalue weighted by Crippen LogP contribution is -2.56. The van der Waals surface area contributed by atoms with Crippen molar-refractivity contribution in [3.63, 3.8) is 0 Å². The third-order valence-corrected chi connectivity index (χ3v) is 5.12. The first kappa shape index (κ1) is 18.8. The fourth-order valence-electron chi connectivity index (χ4n) is 3.53. The van der Waals surface area contributed by atoms with Gasteiger partial charge in [-0.15, -0.1) is 0 Å². The van der Waals surface area contributed by atoms with Gasteiger partial charge in [-0.3, -0.25) is 9.69 Å². The van der Waals surface area contributed by atoms with E-state index in [1.165, 1.54) is 17.2 Å². The standard InChI is InChI=1S/C18H21N3O7/c1-9-3-2-4-10-11(19-28-16(9)10)7-21-13(23)5-6-20(18(21)26)17-15(25)14(24)12(8-22)27-17/h2-6,12,14-15,17-18,22,24-26H,7-8H2,1H3/t12-,14+,15+,17-,18?/m1/s1. The van der Waals surface area contributed by atoms with E-state index in [2.05, 4.69) is 5.16 Å². The molecular formula is C18H21N3O7. The van der Waals surface area contributed by atoms with Gasteiger partial charge in [-0.25, -0.2) is 0 Å². The van der Waals surface area contributed by atoms with E-state index in [4.69, 9.17) is 9.26 Å². The molecule has 1 aromatic carbocycles. The maximum atomic E-state index is 12.4. The number of rotatable bonds is 4. The zero-order chi connectivity index (χ0) is 20.0. The number of aliphatic hydroxyl groups excluding tert-OH is 4. The molecule has 1 saturated heterocycles. The van der Waals surface area contributed by atoms with Gasteiger partial charge in [0.15, 0.2) is 11.8 Å². The molecule has 2 aromatic rings. The molecule has 5 atom stereocenters. The summed E-state index contributed by atoms with van der Waals surface area (Å²) in [5, 5.41) is 44.9. The maximum absolute atomic E-state index is 12.4. The molecule has 10 nitrogen and oxygen atoms in total. The summed E-state index contributed by atoms with van der Waals surface area (Å²) in [6.45, 7) is 1.35. The Hall–Kier alpha value is -2.50. The van der Waals surface area contributed by atoms with E-state index < -0.39 is 43.4 Å². The number of fused-ring (bicyclic) bond motifs is 1. The second-order valence-corrected chi connectivity index (χ2v) is 6.89. The van der Waals surface area contributed by atoms with Gasteiger partial charge in [0.05, 0.1) is 13.2 Å². The highest BCUT2D eigenvalue weighted by atomic mass is 16.6. The number of hydrogen-bond donors (Lipinski definition) is 4. The minimum absolute atomic E-state index is 0.0356. The van der Waals surface area contributed by atoms with Crippen LogP contribution < -0.4 is 0 Å². The van der Waals surface area contributed by atoms with Crippen LogP contribution >= 0.6 is 0 Å². The highest BCUT2D eigenvalue weighted by Gasteiger charge is 2.48. The Kier molecular flexibility index (Phi) is 4.81. The molecule has 0 bridgehead atoms. The topological polar surface area (TPSA) is 140 Å². The van der Waals surface area contributed by atoms with Crippen molar-refractivity contribution >= 4 is 16.9 Å². The summed E-state index contributed by atoms with van der Waals surface area (Å²) in [4.78, 5) is 14.7. The first-order valence-electron chi connectivity index (χ1n) is 8.83. The van der Waals surface area contributed by atoms with Crippen LogP contribution in [-0.4, -0.2) is 78.8 Å². The van der Waals surface area contributed by atoms with Crippen molar-refractivity contribution in [3.8, 4) is 0 Å². The molecule has 1 unspecified atom stereocenters. The van der Waals surface area contributed by atoms with Crippen molar-refractivity contribution in [2.24, 2.45) is 0 Å². The van der Waals surface area contributed by atoms with Crippen LogP contribution in [0.15, 0.2) is 35.0 Å². The Morgan fingerprint density at radius 2 is 2.00 bits per heavy atom. The SMILES string of the molecule is Cc1cccc2c(CN3C(=O)C=CN([C@@H]4O[C@H](CO)[C@H](O)[C@@H]4O)C3O)noc12. The highest BCUT2D eigenvalue weighted by Crippen LogP contribution is 2.29. The summed E-state index contributed by atoms with van der Waals surface area (Å²) >= 11 is 0. The number of aliphatic hydroxyl groups is 4. The number of carbonyl (C=O) groups is 1. The maximum Gasteiger partial charge on any atom is 0.251 e. The van der Waals surface area contributed by atoms with Crippen molar-refractivity contribution in [1.82, 2.24) is 15.0 Å². The van der Waals surface area contributed by atoms with Crippen LogP contribution in [0.4, 0.5) is 0 Å². The minimum Gasteiger partial charge on any atom is -0.394 e. The van der Waals surface area contributed by atoms with Crippen LogP contribution in [0.1, 0.15) is 11.3 Å². The molecule has 4 N–H and O–H groups in total. The van der Waals surface area contributed by atoms with Crippen LogP contribution in [0, 0.1) is 6.92 Å². The van der Waals surface area contributed by atoms with Crippen molar-refractivity contribution in [2.75, 3.05) is 6.61 Å². The molecule has 0 radical (unpaired) electrons. The normalized spacial score (nSPS) is 30.6. The van der Waals surface area contributed by atoms with Gasteiger partial charge in [0, 0.05) is 17.7 Å². The second kappa shape index (κ2) is 7.15. The van der Waals surface area contributed by atoms with Gasteiger partial charge in [0.25, 0.3) is 5.91 Å². The fraction of sp³-hybridized carbons (Fsp3) is 0.444. The molecular weight excluding hydrogens is 370 g/mol. The zero-order valence-corrected chi connectivity index (χ0v) is 15.0. The third kappa shape index (κ3) is 2.95. The lowest BCUT2D eigenvalue weighted by molar-refractivity contribution is -0.192. The molecule has 0 spiro atoms. The molecule has 2 aliphatic rings. The summed E-state index contributed by atoms with van der Waals surface area (Å²) in [5.41, 5.74) is 1.98. The van der Waals surface area contributed by atoms with Gasteiger partial charge < -0.3 is 34.6 Å². The quantitative estimate of drug-likeness (QED) is 0.517. The summed E-state index contributed by atoms with van der Waals surface area (Å²) in [5.74, 6) is -0.459. The zero-order valence-electron chi connectivity index (χ0n) is 15.0. The lowest BCUT2D eigenvalue weighted by atomic mass is 10.1. The van der Waals surface area contributed by atoms with Crippen LogP contribution in [0.25, 0.3) is 11.0 Å². The molecule has 1 aromatic heterocycles. The molecule has 2 aliphatic heterocycles. The summed E-state index contributed by atoms with van der Waals surface area (Å²) in [6, 6.07) is 5.54. The molecule has 0 saturated carbocycles. The number of aryl methyl sites for hydroxylation is 1. The number of hydrogen-bond acceptors (Lipinski definition) is 9. The number of benzene rings is 1. The summed E-state index contributed by atoms with van der Waals surface area (Å²) < 4.78 is 10.8. The number of aromatic nitrogens is 1. The van der Waals surface area contributed by atoms with Gasteiger partial charge in [-0.2, -0.15) is 0 Å². The average Bonchev–Trinajstić information content (AvgIpc) is 3.22. The van der Waals surface area contributed by atoms with Crippen molar-refractivity contribution in [3.05, 3.63) is 41.7 Å². The Bertz CT molecular complexity index is 914. The van der Waals surface area contributed by atoms with Crippen molar-refractivity contribution < 1.29 is 34.5 Å². The predicted octanol–water partition coefficient (Wildman–Crippen LogP) is -0.991. The first-order chi connectivity index (χ1) is 13.4. The van der Waals surface area contributed by atoms with E-state index in [0.717, 1.165) is 15.8 Å². The lowest BCUT2D eigenvalue weighted by Gasteiger charge is -2.41. The average molecular weight is 391 g/mol. The largest absolute Gasteiger partial charge is 0.394 e. The number of ether oxygens (including phenoxy) is 1. The van der Waals surface area contributed by atoms with E-state index in [1.54, 1.807) is 0 Å². The Morgan fingerprint density at radius 3 is 2.71 bits per heavy atom. The number of para-hydroxylation sites is 1. The number of nitrogens with zero attached hydrogens (tertiary/aromatic N) is 3. The van der Waals surface area contributed by atoms with Crippen LogP contribution in [-0.2, 0) is 16.1 Å².